The van der Waals surface area contributed by atoms with Gasteiger partial charge in [0.15, 0.2) is 0 Å². The van der Waals surface area contributed by atoms with E-state index in [2.05, 4.69) is 31.0 Å². The molecule has 0 aromatic heterocycles. The molecule has 1 saturated carbocycles. The Labute approximate surface area is 115 Å². The Balaban J connectivity index is 2.05. The molecule has 18 heavy (non-hydrogen) atoms. The molecule has 4 unspecified atom stereocenters. The van der Waals surface area contributed by atoms with Gasteiger partial charge in [0.05, 0.1) is 12.2 Å². The minimum Gasteiger partial charge on any atom is -0.322 e. The highest BCUT2D eigenvalue weighted by Gasteiger charge is 2.43. The first kappa shape index (κ1) is 14.2. The van der Waals surface area contributed by atoms with Crippen molar-refractivity contribution in [3.05, 3.63) is 0 Å². The number of amides is 1. The zero-order valence-electron chi connectivity index (χ0n) is 11.8. The zero-order valence-corrected chi connectivity index (χ0v) is 12.6. The monoisotopic (exact) mass is 270 g/mol. The minimum absolute atomic E-state index is 0.0675. The maximum absolute atomic E-state index is 12.5. The molecule has 1 aliphatic carbocycles. The van der Waals surface area contributed by atoms with Crippen LogP contribution in [0.4, 0.5) is 0 Å². The summed E-state index contributed by atoms with van der Waals surface area (Å²) in [5.74, 6) is 1.50. The van der Waals surface area contributed by atoms with E-state index in [9.17, 15) is 4.79 Å². The number of rotatable bonds is 5. The van der Waals surface area contributed by atoms with E-state index >= 15 is 0 Å². The number of hydrogen-bond acceptors (Lipinski definition) is 3. The number of hydrogen-bond donors (Lipinski definition) is 1. The smallest absolute Gasteiger partial charge is 0.241 e. The third kappa shape index (κ3) is 2.69. The second kappa shape index (κ2) is 6.29. The Morgan fingerprint density at radius 2 is 2.17 bits per heavy atom. The van der Waals surface area contributed by atoms with Crippen molar-refractivity contribution in [1.82, 2.24) is 10.2 Å². The molecule has 0 bridgehead atoms. The van der Waals surface area contributed by atoms with Crippen molar-refractivity contribution >= 4 is 17.7 Å². The van der Waals surface area contributed by atoms with E-state index in [1.165, 1.54) is 19.3 Å². The lowest BCUT2D eigenvalue weighted by Crippen LogP contribution is -2.46. The summed E-state index contributed by atoms with van der Waals surface area (Å²) in [4.78, 5) is 14.7. The Bertz CT molecular complexity index is 298. The molecule has 1 saturated heterocycles. The van der Waals surface area contributed by atoms with Crippen LogP contribution >= 0.6 is 11.8 Å². The fourth-order valence-electron chi connectivity index (χ4n) is 3.39. The summed E-state index contributed by atoms with van der Waals surface area (Å²) in [6.45, 7) is 6.50. The number of nitrogens with one attached hydrogen (secondary N) is 1. The first-order chi connectivity index (χ1) is 8.69. The van der Waals surface area contributed by atoms with E-state index in [-0.39, 0.29) is 12.2 Å². The second-order valence-corrected chi connectivity index (χ2v) is 6.94. The standard InChI is InChI=1S/C14H26N2OS/c1-4-7-11-14(17)16(10(3)15-11)12-8-6-9-13(12)18-5-2/h10-13,15H,4-9H2,1-3H3. The van der Waals surface area contributed by atoms with Gasteiger partial charge in [0, 0.05) is 11.3 Å². The normalized spacial score (nSPS) is 36.6. The molecule has 2 rings (SSSR count). The molecule has 104 valence electrons. The van der Waals surface area contributed by atoms with Gasteiger partial charge in [0.2, 0.25) is 5.91 Å². The first-order valence-electron chi connectivity index (χ1n) is 7.38. The van der Waals surface area contributed by atoms with Gasteiger partial charge in [-0.05, 0) is 31.9 Å². The Morgan fingerprint density at radius 1 is 1.39 bits per heavy atom. The summed E-state index contributed by atoms with van der Waals surface area (Å²) >= 11 is 2.03. The van der Waals surface area contributed by atoms with Gasteiger partial charge in [0.1, 0.15) is 0 Å². The Morgan fingerprint density at radius 3 is 2.83 bits per heavy atom. The van der Waals surface area contributed by atoms with Crippen molar-refractivity contribution in [3.8, 4) is 0 Å². The summed E-state index contributed by atoms with van der Waals surface area (Å²) in [6, 6.07) is 0.532. The van der Waals surface area contributed by atoms with Gasteiger partial charge < -0.3 is 4.90 Å². The molecule has 2 fully saturated rings. The average molecular weight is 270 g/mol. The van der Waals surface area contributed by atoms with Gasteiger partial charge in [-0.1, -0.05) is 26.7 Å². The summed E-state index contributed by atoms with van der Waals surface area (Å²) in [7, 11) is 0. The molecule has 1 aliphatic heterocycles. The van der Waals surface area contributed by atoms with Crippen molar-refractivity contribution < 1.29 is 4.79 Å². The van der Waals surface area contributed by atoms with Crippen LogP contribution in [0.2, 0.25) is 0 Å². The predicted octanol–water partition coefficient (Wildman–Crippen LogP) is 2.61. The third-order valence-corrected chi connectivity index (χ3v) is 5.46. The molecule has 4 heteroatoms. The van der Waals surface area contributed by atoms with Crippen LogP contribution < -0.4 is 5.32 Å². The Hall–Kier alpha value is -0.220. The number of carbonyl (C=O) groups is 1. The van der Waals surface area contributed by atoms with Crippen molar-refractivity contribution in [2.75, 3.05) is 5.75 Å². The lowest BCUT2D eigenvalue weighted by atomic mass is 10.1. The third-order valence-electron chi connectivity index (χ3n) is 4.15. The number of nitrogens with zero attached hydrogens (tertiary/aromatic N) is 1. The molecule has 3 nitrogen and oxygen atoms in total. The molecule has 4 atom stereocenters. The Kier molecular flexibility index (Phi) is 4.96. The average Bonchev–Trinajstić information content (AvgIpc) is 2.87. The van der Waals surface area contributed by atoms with Gasteiger partial charge in [-0.25, -0.2) is 0 Å². The van der Waals surface area contributed by atoms with Crippen molar-refractivity contribution in [2.24, 2.45) is 0 Å². The minimum atomic E-state index is 0.0675. The molecule has 1 amide bonds. The van der Waals surface area contributed by atoms with Gasteiger partial charge in [-0.15, -0.1) is 0 Å². The summed E-state index contributed by atoms with van der Waals surface area (Å²) < 4.78 is 0. The van der Waals surface area contributed by atoms with Gasteiger partial charge in [-0.2, -0.15) is 11.8 Å². The highest BCUT2D eigenvalue weighted by Crippen LogP contribution is 2.35. The highest BCUT2D eigenvalue weighted by atomic mass is 32.2. The fraction of sp³-hybridized carbons (Fsp3) is 0.929. The quantitative estimate of drug-likeness (QED) is 0.833. The van der Waals surface area contributed by atoms with E-state index in [0.29, 0.717) is 17.2 Å². The van der Waals surface area contributed by atoms with E-state index in [4.69, 9.17) is 0 Å². The second-order valence-electron chi connectivity index (χ2n) is 5.42. The fourth-order valence-corrected chi connectivity index (χ4v) is 4.64. The van der Waals surface area contributed by atoms with Crippen LogP contribution in [-0.2, 0) is 4.79 Å². The molecular weight excluding hydrogens is 244 g/mol. The SMILES string of the molecule is CCCC1NC(C)N(C2CCCC2SCC)C1=O. The van der Waals surface area contributed by atoms with E-state index in [1.807, 2.05) is 11.8 Å². The molecule has 1 N–H and O–H groups in total. The van der Waals surface area contributed by atoms with Crippen LogP contribution in [0, 0.1) is 0 Å². The van der Waals surface area contributed by atoms with Gasteiger partial charge >= 0.3 is 0 Å². The summed E-state index contributed by atoms with van der Waals surface area (Å²) in [5, 5.41) is 4.12. The first-order valence-corrected chi connectivity index (χ1v) is 8.43. The maximum atomic E-state index is 12.5. The predicted molar refractivity (Wildman–Crippen MR) is 77.7 cm³/mol. The van der Waals surface area contributed by atoms with Crippen LogP contribution in [0.3, 0.4) is 0 Å². The highest BCUT2D eigenvalue weighted by molar-refractivity contribution is 7.99. The van der Waals surface area contributed by atoms with Gasteiger partial charge in [-0.3, -0.25) is 10.1 Å². The van der Waals surface area contributed by atoms with E-state index < -0.39 is 0 Å². The van der Waals surface area contributed by atoms with Crippen LogP contribution in [0.1, 0.15) is 52.9 Å². The lowest BCUT2D eigenvalue weighted by Gasteiger charge is -2.32. The maximum Gasteiger partial charge on any atom is 0.241 e. The van der Waals surface area contributed by atoms with Crippen LogP contribution in [0.15, 0.2) is 0 Å². The summed E-state index contributed by atoms with van der Waals surface area (Å²) in [6.07, 6.45) is 6.00. The van der Waals surface area contributed by atoms with Crippen molar-refractivity contribution in [2.45, 2.75) is 76.4 Å². The zero-order chi connectivity index (χ0) is 13.1. The summed E-state index contributed by atoms with van der Waals surface area (Å²) in [5.41, 5.74) is 0. The number of carbonyl (C=O) groups excluding carboxylic acids is 1. The lowest BCUT2D eigenvalue weighted by molar-refractivity contribution is -0.132. The molecular formula is C14H26N2OS. The molecule has 0 radical (unpaired) electrons. The van der Waals surface area contributed by atoms with Crippen LogP contribution in [0.25, 0.3) is 0 Å². The van der Waals surface area contributed by atoms with Crippen LogP contribution in [0.5, 0.6) is 0 Å². The molecule has 0 aromatic rings. The van der Waals surface area contributed by atoms with Crippen molar-refractivity contribution in [1.29, 1.82) is 0 Å². The molecule has 1 heterocycles. The number of thioether (sulfide) groups is 1. The molecule has 0 spiro atoms. The molecule has 0 aromatic carbocycles. The van der Waals surface area contributed by atoms with E-state index in [1.54, 1.807) is 0 Å². The molecule has 2 aliphatic rings. The van der Waals surface area contributed by atoms with Crippen molar-refractivity contribution in [3.63, 3.8) is 0 Å². The van der Waals surface area contributed by atoms with Gasteiger partial charge in [0.25, 0.3) is 0 Å². The topological polar surface area (TPSA) is 32.3 Å². The van der Waals surface area contributed by atoms with Crippen LogP contribution in [-0.4, -0.2) is 40.1 Å². The van der Waals surface area contributed by atoms with E-state index in [0.717, 1.165) is 18.6 Å². The largest absolute Gasteiger partial charge is 0.322 e.